The first-order valence-electron chi connectivity index (χ1n) is 10.2. The van der Waals surface area contributed by atoms with Gasteiger partial charge in [0.2, 0.25) is 10.0 Å². The highest BCUT2D eigenvalue weighted by atomic mass is 35.5. The number of para-hydroxylation sites is 1. The molecule has 0 aliphatic carbocycles. The number of amides is 2. The Kier molecular flexibility index (Phi) is 7.35. The van der Waals surface area contributed by atoms with E-state index in [-0.39, 0.29) is 27.4 Å². The molecule has 0 atom stereocenters. The molecular formula is C22H26ClN3O4S. The fourth-order valence-corrected chi connectivity index (χ4v) is 5.16. The lowest BCUT2D eigenvalue weighted by Crippen LogP contribution is -2.35. The predicted octanol–water partition coefficient (Wildman–Crippen LogP) is 3.91. The largest absolute Gasteiger partial charge is 0.350 e. The first kappa shape index (κ1) is 23.2. The average Bonchev–Trinajstić information content (AvgIpc) is 2.74. The summed E-state index contributed by atoms with van der Waals surface area (Å²) in [4.78, 5) is 25.4. The average molecular weight is 464 g/mol. The van der Waals surface area contributed by atoms with Crippen LogP contribution in [0.1, 0.15) is 53.8 Å². The molecular weight excluding hydrogens is 438 g/mol. The number of nitrogens with zero attached hydrogens (tertiary/aromatic N) is 1. The third-order valence-corrected chi connectivity index (χ3v) is 7.20. The Morgan fingerprint density at radius 1 is 0.968 bits per heavy atom. The van der Waals surface area contributed by atoms with Crippen LogP contribution in [-0.2, 0) is 10.0 Å². The number of anilines is 1. The van der Waals surface area contributed by atoms with Crippen LogP contribution in [0.3, 0.4) is 0 Å². The van der Waals surface area contributed by atoms with Crippen LogP contribution in [0.25, 0.3) is 0 Å². The van der Waals surface area contributed by atoms with Crippen LogP contribution in [0.15, 0.2) is 47.4 Å². The zero-order valence-electron chi connectivity index (χ0n) is 17.5. The van der Waals surface area contributed by atoms with Gasteiger partial charge < -0.3 is 10.6 Å². The maximum Gasteiger partial charge on any atom is 0.257 e. The number of hydrogen-bond donors (Lipinski definition) is 2. The van der Waals surface area contributed by atoms with Crippen molar-refractivity contribution in [2.75, 3.05) is 18.4 Å². The first-order chi connectivity index (χ1) is 14.7. The Hall–Kier alpha value is -2.42. The number of rotatable bonds is 6. The third kappa shape index (κ3) is 5.44. The monoisotopic (exact) mass is 463 g/mol. The minimum absolute atomic E-state index is 0.0229. The first-order valence-corrected chi connectivity index (χ1v) is 12.0. The molecule has 0 spiro atoms. The van der Waals surface area contributed by atoms with Crippen molar-refractivity contribution in [3.8, 4) is 0 Å². The minimum Gasteiger partial charge on any atom is -0.350 e. The van der Waals surface area contributed by atoms with Crippen molar-refractivity contribution in [3.05, 3.63) is 58.6 Å². The van der Waals surface area contributed by atoms with Crippen LogP contribution >= 0.6 is 11.6 Å². The smallest absolute Gasteiger partial charge is 0.257 e. The zero-order valence-corrected chi connectivity index (χ0v) is 19.1. The summed E-state index contributed by atoms with van der Waals surface area (Å²) in [5, 5.41) is 5.60. The van der Waals surface area contributed by atoms with Crippen molar-refractivity contribution in [1.29, 1.82) is 0 Å². The molecule has 2 amide bonds. The Labute approximate surface area is 187 Å². The molecule has 0 aromatic heterocycles. The lowest BCUT2D eigenvalue weighted by Gasteiger charge is -2.26. The second-order valence-corrected chi connectivity index (χ2v) is 10.1. The topological polar surface area (TPSA) is 95.6 Å². The fourth-order valence-electron chi connectivity index (χ4n) is 3.41. The maximum atomic E-state index is 13.0. The van der Waals surface area contributed by atoms with E-state index in [9.17, 15) is 18.0 Å². The molecule has 166 valence electrons. The van der Waals surface area contributed by atoms with Gasteiger partial charge in [-0.2, -0.15) is 4.31 Å². The molecule has 2 aromatic rings. The summed E-state index contributed by atoms with van der Waals surface area (Å²) in [5.41, 5.74) is 0.641. The highest BCUT2D eigenvalue weighted by Gasteiger charge is 2.27. The van der Waals surface area contributed by atoms with Gasteiger partial charge in [-0.3, -0.25) is 9.59 Å². The summed E-state index contributed by atoms with van der Waals surface area (Å²) in [6, 6.07) is 10.6. The molecule has 1 fully saturated rings. The van der Waals surface area contributed by atoms with Gasteiger partial charge in [0.25, 0.3) is 11.8 Å². The summed E-state index contributed by atoms with van der Waals surface area (Å²) in [6.07, 6.45) is 2.63. The lowest BCUT2D eigenvalue weighted by atomic mass is 10.1. The molecule has 7 nitrogen and oxygen atoms in total. The van der Waals surface area contributed by atoms with E-state index >= 15 is 0 Å². The SMILES string of the molecule is CC(C)NC(=O)c1ccccc1NC(=O)c1cc(S(=O)(=O)N2CCCCC2)ccc1Cl. The van der Waals surface area contributed by atoms with E-state index in [0.717, 1.165) is 19.3 Å². The number of carbonyl (C=O) groups is 2. The number of hydrogen-bond acceptors (Lipinski definition) is 4. The molecule has 9 heteroatoms. The Balaban J connectivity index is 1.88. The summed E-state index contributed by atoms with van der Waals surface area (Å²) < 4.78 is 27.4. The van der Waals surface area contributed by atoms with E-state index in [2.05, 4.69) is 10.6 Å². The van der Waals surface area contributed by atoms with Crippen LogP contribution in [-0.4, -0.2) is 43.7 Å². The molecule has 0 bridgehead atoms. The molecule has 31 heavy (non-hydrogen) atoms. The van der Waals surface area contributed by atoms with E-state index in [0.29, 0.717) is 24.3 Å². The van der Waals surface area contributed by atoms with E-state index in [4.69, 9.17) is 11.6 Å². The third-order valence-electron chi connectivity index (χ3n) is 4.97. The lowest BCUT2D eigenvalue weighted by molar-refractivity contribution is 0.0944. The molecule has 1 aliphatic heterocycles. The van der Waals surface area contributed by atoms with E-state index in [1.165, 1.54) is 22.5 Å². The van der Waals surface area contributed by atoms with Crippen molar-refractivity contribution in [2.24, 2.45) is 0 Å². The number of piperidine rings is 1. The Morgan fingerprint density at radius 3 is 2.32 bits per heavy atom. The fraction of sp³-hybridized carbons (Fsp3) is 0.364. The summed E-state index contributed by atoms with van der Waals surface area (Å²) in [6.45, 7) is 4.61. The van der Waals surface area contributed by atoms with Crippen LogP contribution < -0.4 is 10.6 Å². The normalized spacial score (nSPS) is 15.0. The number of nitrogens with one attached hydrogen (secondary N) is 2. The number of benzene rings is 2. The van der Waals surface area contributed by atoms with Crippen LogP contribution in [0.5, 0.6) is 0 Å². The molecule has 0 saturated carbocycles. The number of carbonyl (C=O) groups excluding carboxylic acids is 2. The molecule has 1 aliphatic rings. The van der Waals surface area contributed by atoms with Crippen molar-refractivity contribution < 1.29 is 18.0 Å². The molecule has 0 radical (unpaired) electrons. The molecule has 2 N–H and O–H groups in total. The van der Waals surface area contributed by atoms with E-state index in [1.807, 2.05) is 13.8 Å². The van der Waals surface area contributed by atoms with E-state index < -0.39 is 15.9 Å². The van der Waals surface area contributed by atoms with Crippen molar-refractivity contribution in [1.82, 2.24) is 9.62 Å². The standard InChI is InChI=1S/C22H26ClN3O4S/c1-15(2)24-21(27)17-8-4-5-9-20(17)25-22(28)18-14-16(10-11-19(18)23)31(29,30)26-12-6-3-7-13-26/h4-5,8-11,14-15H,3,6-7,12-13H2,1-2H3,(H,24,27)(H,25,28). The van der Waals surface area contributed by atoms with Gasteiger partial charge in [0.05, 0.1) is 26.7 Å². The van der Waals surface area contributed by atoms with E-state index in [1.54, 1.807) is 24.3 Å². The van der Waals surface area contributed by atoms with Crippen LogP contribution in [0.4, 0.5) is 5.69 Å². The highest BCUT2D eigenvalue weighted by molar-refractivity contribution is 7.89. The minimum atomic E-state index is -3.71. The molecule has 2 aromatic carbocycles. The molecule has 1 saturated heterocycles. The van der Waals surface area contributed by atoms with Gasteiger partial charge in [-0.1, -0.05) is 30.2 Å². The number of halogens is 1. The molecule has 0 unspecified atom stereocenters. The quantitative estimate of drug-likeness (QED) is 0.679. The van der Waals surface area contributed by atoms with Crippen molar-refractivity contribution in [3.63, 3.8) is 0 Å². The number of sulfonamides is 1. The van der Waals surface area contributed by atoms with Gasteiger partial charge in [-0.05, 0) is 57.0 Å². The maximum absolute atomic E-state index is 13.0. The zero-order chi connectivity index (χ0) is 22.6. The summed E-state index contributed by atoms with van der Waals surface area (Å²) in [7, 11) is -3.71. The van der Waals surface area contributed by atoms with Crippen molar-refractivity contribution >= 4 is 39.1 Å². The Morgan fingerprint density at radius 2 is 1.65 bits per heavy atom. The van der Waals surface area contributed by atoms with Gasteiger partial charge in [-0.25, -0.2) is 8.42 Å². The van der Waals surface area contributed by atoms with Crippen LogP contribution in [0, 0.1) is 0 Å². The van der Waals surface area contributed by atoms with Crippen LogP contribution in [0.2, 0.25) is 5.02 Å². The molecule has 3 rings (SSSR count). The van der Waals surface area contributed by atoms with Gasteiger partial charge in [-0.15, -0.1) is 0 Å². The Bertz CT molecular complexity index is 1080. The van der Waals surface area contributed by atoms with Gasteiger partial charge >= 0.3 is 0 Å². The van der Waals surface area contributed by atoms with Gasteiger partial charge in [0, 0.05) is 19.1 Å². The highest BCUT2D eigenvalue weighted by Crippen LogP contribution is 2.26. The second kappa shape index (κ2) is 9.80. The van der Waals surface area contributed by atoms with Crippen molar-refractivity contribution in [2.45, 2.75) is 44.0 Å². The second-order valence-electron chi connectivity index (χ2n) is 7.73. The summed E-state index contributed by atoms with van der Waals surface area (Å²) in [5.74, 6) is -0.913. The van der Waals surface area contributed by atoms with Gasteiger partial charge in [0.1, 0.15) is 0 Å². The summed E-state index contributed by atoms with van der Waals surface area (Å²) >= 11 is 6.22. The predicted molar refractivity (Wildman–Crippen MR) is 121 cm³/mol. The van der Waals surface area contributed by atoms with Gasteiger partial charge in [0.15, 0.2) is 0 Å². The molecule has 1 heterocycles.